The van der Waals surface area contributed by atoms with Gasteiger partial charge in [-0.3, -0.25) is 0 Å². The number of hydrogen-bond donors (Lipinski definition) is 0. The molecule has 0 amide bonds. The third kappa shape index (κ3) is 14.7. The summed E-state index contributed by atoms with van der Waals surface area (Å²) < 4.78 is 0. The Kier molecular flexibility index (Phi) is 22.6. The van der Waals surface area contributed by atoms with Crippen molar-refractivity contribution in [1.82, 2.24) is 0 Å². The van der Waals surface area contributed by atoms with Gasteiger partial charge in [0, 0.05) is 0 Å². The summed E-state index contributed by atoms with van der Waals surface area (Å²) in [6, 6.07) is 17.6. The summed E-state index contributed by atoms with van der Waals surface area (Å²) in [4.78, 5) is 0. The quantitative estimate of drug-likeness (QED) is 0.367. The zero-order chi connectivity index (χ0) is 27.9. The first-order valence-electron chi connectivity index (χ1n) is 14.1. The van der Waals surface area contributed by atoms with Gasteiger partial charge < -0.3 is 0 Å². The van der Waals surface area contributed by atoms with E-state index in [4.69, 9.17) is 0 Å². The van der Waals surface area contributed by atoms with Crippen LogP contribution in [0.3, 0.4) is 0 Å². The Bertz CT molecular complexity index is 903. The third-order valence-electron chi connectivity index (χ3n) is 5.75. The Morgan fingerprint density at radius 3 is 1.97 bits per heavy atom. The van der Waals surface area contributed by atoms with Crippen LogP contribution < -0.4 is 0 Å². The molecule has 3 rings (SSSR count). The van der Waals surface area contributed by atoms with Gasteiger partial charge in [0.1, 0.15) is 0 Å². The van der Waals surface area contributed by atoms with E-state index in [1.54, 1.807) is 6.08 Å². The van der Waals surface area contributed by atoms with Gasteiger partial charge in [-0.1, -0.05) is 132 Å². The first-order valence-corrected chi connectivity index (χ1v) is 14.1. The highest BCUT2D eigenvalue weighted by molar-refractivity contribution is 5.80. The minimum absolute atomic E-state index is 0.813. The van der Waals surface area contributed by atoms with Crippen LogP contribution in [0.5, 0.6) is 0 Å². The minimum atomic E-state index is 0.813. The summed E-state index contributed by atoms with van der Waals surface area (Å²) in [5.74, 6) is 0.813. The van der Waals surface area contributed by atoms with Crippen molar-refractivity contribution in [2.24, 2.45) is 5.92 Å². The second kappa shape index (κ2) is 22.8. The van der Waals surface area contributed by atoms with Crippen LogP contribution in [0.1, 0.15) is 104 Å². The molecule has 0 fully saturated rings. The van der Waals surface area contributed by atoms with Crippen LogP contribution in [-0.4, -0.2) is 0 Å². The van der Waals surface area contributed by atoms with E-state index < -0.39 is 0 Å². The molecule has 0 radical (unpaired) electrons. The van der Waals surface area contributed by atoms with E-state index in [1.807, 2.05) is 34.6 Å². The van der Waals surface area contributed by atoms with Crippen molar-refractivity contribution in [2.75, 3.05) is 0 Å². The maximum Gasteiger partial charge on any atom is -0.0182 e. The van der Waals surface area contributed by atoms with Crippen LogP contribution >= 0.6 is 0 Å². The average molecular weight is 489 g/mol. The van der Waals surface area contributed by atoms with Crippen LogP contribution in [0.2, 0.25) is 0 Å². The molecule has 36 heavy (non-hydrogen) atoms. The first kappa shape index (κ1) is 35.6. The van der Waals surface area contributed by atoms with Gasteiger partial charge in [-0.25, -0.2) is 0 Å². The highest BCUT2D eigenvalue weighted by atomic mass is 14.2. The molecule has 1 unspecified atom stereocenters. The molecule has 200 valence electrons. The van der Waals surface area contributed by atoms with Gasteiger partial charge >= 0.3 is 0 Å². The average Bonchev–Trinajstić information content (AvgIpc) is 2.90. The van der Waals surface area contributed by atoms with Crippen LogP contribution in [0, 0.1) is 19.8 Å². The zero-order valence-electron chi connectivity index (χ0n) is 25.5. The molecule has 1 aliphatic carbocycles. The molecule has 1 atom stereocenters. The highest BCUT2D eigenvalue weighted by Gasteiger charge is 2.11. The largest absolute Gasteiger partial charge is 0.103 e. The fourth-order valence-corrected chi connectivity index (χ4v) is 3.73. The molecule has 0 aromatic heterocycles. The molecule has 0 N–H and O–H groups in total. The van der Waals surface area contributed by atoms with Gasteiger partial charge in [-0.15, -0.1) is 6.58 Å². The lowest BCUT2D eigenvalue weighted by molar-refractivity contribution is 0.560. The van der Waals surface area contributed by atoms with E-state index in [2.05, 4.69) is 115 Å². The van der Waals surface area contributed by atoms with Crippen LogP contribution in [-0.2, 0) is 6.42 Å². The van der Waals surface area contributed by atoms with Crippen molar-refractivity contribution in [2.45, 2.75) is 102 Å². The lowest BCUT2D eigenvalue weighted by atomic mass is 9.88. The Labute approximate surface area is 226 Å². The Balaban J connectivity index is 0. The smallest absolute Gasteiger partial charge is 0.0182 e. The second-order valence-corrected chi connectivity index (χ2v) is 8.79. The van der Waals surface area contributed by atoms with Crippen molar-refractivity contribution in [3.63, 3.8) is 0 Å². The molecule has 1 aliphatic rings. The molecule has 2 aromatic carbocycles. The van der Waals surface area contributed by atoms with Crippen molar-refractivity contribution >= 4 is 5.57 Å². The maximum atomic E-state index is 3.36. The van der Waals surface area contributed by atoms with Crippen molar-refractivity contribution in [1.29, 1.82) is 0 Å². The van der Waals surface area contributed by atoms with E-state index in [0.29, 0.717) is 0 Å². The van der Waals surface area contributed by atoms with Crippen molar-refractivity contribution < 1.29 is 0 Å². The fraction of sp³-hybridized carbons (Fsp3) is 0.444. The van der Waals surface area contributed by atoms with Gasteiger partial charge in [-0.2, -0.15) is 0 Å². The molecule has 0 aliphatic heterocycles. The second-order valence-electron chi connectivity index (χ2n) is 8.79. The van der Waals surface area contributed by atoms with Gasteiger partial charge in [0.25, 0.3) is 0 Å². The van der Waals surface area contributed by atoms with E-state index in [9.17, 15) is 0 Å². The number of allylic oxidation sites excluding steroid dienone is 7. The summed E-state index contributed by atoms with van der Waals surface area (Å²) in [5.41, 5.74) is 9.79. The molecule has 0 spiro atoms. The maximum absolute atomic E-state index is 3.36. The Morgan fingerprint density at radius 1 is 0.917 bits per heavy atom. The minimum Gasteiger partial charge on any atom is -0.103 e. The van der Waals surface area contributed by atoms with Crippen LogP contribution in [0.15, 0.2) is 90.6 Å². The van der Waals surface area contributed by atoms with Crippen molar-refractivity contribution in [3.05, 3.63) is 113 Å². The predicted octanol–water partition coefficient (Wildman–Crippen LogP) is 11.9. The van der Waals surface area contributed by atoms with Gasteiger partial charge in [0.15, 0.2) is 0 Å². The van der Waals surface area contributed by atoms with Crippen LogP contribution in [0.25, 0.3) is 5.57 Å². The molecule has 0 saturated heterocycles. The van der Waals surface area contributed by atoms with Gasteiger partial charge in [0.05, 0.1) is 0 Å². The van der Waals surface area contributed by atoms with Crippen LogP contribution in [0.4, 0.5) is 0 Å². The lowest BCUT2D eigenvalue weighted by Crippen LogP contribution is -1.97. The van der Waals surface area contributed by atoms with E-state index >= 15 is 0 Å². The summed E-state index contributed by atoms with van der Waals surface area (Å²) in [6.07, 6.45) is 13.3. The van der Waals surface area contributed by atoms with E-state index in [-0.39, 0.29) is 0 Å². The molecular formula is C36H56. The molecule has 0 heterocycles. The van der Waals surface area contributed by atoms with Gasteiger partial charge in [-0.05, 0) is 87.6 Å². The SMILES string of the molecule is C/C=C(\C1=C(C)C=CCC1)c1cccc(C)c1.C=CC.CC.CC.CCC(C)Cc1ccc(C)cc1. The van der Waals surface area contributed by atoms with Gasteiger partial charge in [0.2, 0.25) is 0 Å². The standard InChI is InChI=1S/C17H20.C12H18.C3H6.2C2H6/c1-4-16(15-10-7-8-13(2)12-15)17-11-6-5-9-14(17)3;1-4-10(2)9-12-7-5-11(3)6-8-12;1-3-2;2*1-2/h4-5,7-10,12H,6,11H2,1-3H3;5-8,10H,4,9H2,1-3H3;3H,1H2,2H3;2*1-2H3/b16-4-;;;;. The summed E-state index contributed by atoms with van der Waals surface area (Å²) >= 11 is 0. The molecule has 0 bridgehead atoms. The Hall–Kier alpha value is -2.60. The summed E-state index contributed by atoms with van der Waals surface area (Å²) in [7, 11) is 0. The number of hydrogen-bond acceptors (Lipinski definition) is 0. The summed E-state index contributed by atoms with van der Waals surface area (Å²) in [5, 5.41) is 0. The fourth-order valence-electron chi connectivity index (χ4n) is 3.73. The zero-order valence-corrected chi connectivity index (χ0v) is 25.5. The topological polar surface area (TPSA) is 0 Å². The Morgan fingerprint density at radius 2 is 1.50 bits per heavy atom. The molecule has 0 saturated carbocycles. The lowest BCUT2D eigenvalue weighted by Gasteiger charge is -2.17. The molecular weight excluding hydrogens is 432 g/mol. The van der Waals surface area contributed by atoms with Crippen molar-refractivity contribution in [3.8, 4) is 0 Å². The number of benzene rings is 2. The molecule has 0 nitrogen and oxygen atoms in total. The monoisotopic (exact) mass is 488 g/mol. The van der Waals surface area contributed by atoms with E-state index in [0.717, 1.165) is 18.8 Å². The third-order valence-corrected chi connectivity index (χ3v) is 5.75. The highest BCUT2D eigenvalue weighted by Crippen LogP contribution is 2.32. The molecule has 0 heteroatoms. The predicted molar refractivity (Wildman–Crippen MR) is 169 cm³/mol. The normalized spacial score (nSPS) is 12.8. The van der Waals surface area contributed by atoms with E-state index in [1.165, 1.54) is 51.8 Å². The number of aryl methyl sites for hydroxylation is 2. The number of rotatable bonds is 5. The first-order chi connectivity index (χ1) is 17.4. The summed E-state index contributed by atoms with van der Waals surface area (Å²) in [6.45, 7) is 26.4. The molecule has 2 aromatic rings.